The zero-order valence-corrected chi connectivity index (χ0v) is 11.9. The van der Waals surface area contributed by atoms with E-state index in [4.69, 9.17) is 4.74 Å². The molecule has 0 atom stereocenters. The van der Waals surface area contributed by atoms with Crippen LogP contribution in [0.2, 0.25) is 0 Å². The van der Waals surface area contributed by atoms with E-state index in [1.54, 1.807) is 11.1 Å². The van der Waals surface area contributed by atoms with E-state index in [1.165, 1.54) is 0 Å². The van der Waals surface area contributed by atoms with Crippen molar-refractivity contribution in [2.24, 2.45) is 0 Å². The van der Waals surface area contributed by atoms with Gasteiger partial charge < -0.3 is 15.0 Å². The number of nitrogens with one attached hydrogen (secondary N) is 1. The van der Waals surface area contributed by atoms with Crippen LogP contribution in [0.4, 0.5) is 11.5 Å². The first-order valence-electron chi connectivity index (χ1n) is 6.99. The van der Waals surface area contributed by atoms with Crippen LogP contribution in [0.25, 0.3) is 0 Å². The van der Waals surface area contributed by atoms with Gasteiger partial charge in [0, 0.05) is 18.3 Å². The Morgan fingerprint density at radius 3 is 3.00 bits per heavy atom. The first-order chi connectivity index (χ1) is 10.3. The highest BCUT2D eigenvalue weighted by Gasteiger charge is 2.25. The van der Waals surface area contributed by atoms with Crippen molar-refractivity contribution in [3.63, 3.8) is 0 Å². The van der Waals surface area contributed by atoms with E-state index in [-0.39, 0.29) is 12.5 Å². The van der Waals surface area contributed by atoms with E-state index < -0.39 is 0 Å². The summed E-state index contributed by atoms with van der Waals surface area (Å²) in [4.78, 5) is 18.3. The topological polar surface area (TPSA) is 54.5 Å². The van der Waals surface area contributed by atoms with Crippen molar-refractivity contribution >= 4 is 17.4 Å². The number of nitrogens with zero attached hydrogens (tertiary/aromatic N) is 2. The average Bonchev–Trinajstić information content (AvgIpc) is 2.52. The first-order valence-corrected chi connectivity index (χ1v) is 6.99. The van der Waals surface area contributed by atoms with Gasteiger partial charge in [-0.3, -0.25) is 4.79 Å². The molecule has 1 amide bonds. The Hall–Kier alpha value is -2.56. The van der Waals surface area contributed by atoms with Gasteiger partial charge in [-0.15, -0.1) is 0 Å². The van der Waals surface area contributed by atoms with Crippen LogP contribution in [0.15, 0.2) is 42.6 Å². The molecule has 0 saturated carbocycles. The van der Waals surface area contributed by atoms with Crippen molar-refractivity contribution in [1.29, 1.82) is 0 Å². The molecule has 5 nitrogen and oxygen atoms in total. The third-order valence-electron chi connectivity index (χ3n) is 3.37. The molecule has 21 heavy (non-hydrogen) atoms. The summed E-state index contributed by atoms with van der Waals surface area (Å²) in [5.74, 6) is 1.52. The Labute approximate surface area is 123 Å². The maximum absolute atomic E-state index is 12.2. The molecule has 0 bridgehead atoms. The summed E-state index contributed by atoms with van der Waals surface area (Å²) >= 11 is 0. The Kier molecular flexibility index (Phi) is 3.73. The van der Waals surface area contributed by atoms with Gasteiger partial charge in [-0.25, -0.2) is 4.98 Å². The lowest BCUT2D eigenvalue weighted by molar-refractivity contribution is -0.121. The summed E-state index contributed by atoms with van der Waals surface area (Å²) in [6, 6.07) is 11.4. The molecule has 2 heterocycles. The third kappa shape index (κ3) is 2.67. The quantitative estimate of drug-likeness (QED) is 0.936. The van der Waals surface area contributed by atoms with Crippen molar-refractivity contribution in [3.8, 4) is 5.75 Å². The van der Waals surface area contributed by atoms with Gasteiger partial charge in [0.1, 0.15) is 11.6 Å². The zero-order chi connectivity index (χ0) is 14.7. The number of anilines is 2. The molecule has 0 fully saturated rings. The number of pyridine rings is 1. The summed E-state index contributed by atoms with van der Waals surface area (Å²) in [5.41, 5.74) is 1.80. The lowest BCUT2D eigenvalue weighted by Gasteiger charge is -2.29. The number of amides is 1. The molecular formula is C16H17N3O2. The highest BCUT2D eigenvalue weighted by molar-refractivity contribution is 5.97. The molecule has 0 radical (unpaired) electrons. The van der Waals surface area contributed by atoms with Gasteiger partial charge in [-0.1, -0.05) is 18.2 Å². The number of rotatable bonds is 4. The maximum Gasteiger partial charge on any atom is 0.265 e. The monoisotopic (exact) mass is 283 g/mol. The molecule has 0 unspecified atom stereocenters. The first kappa shape index (κ1) is 13.4. The molecule has 1 N–H and O–H groups in total. The Balaban J connectivity index is 1.93. The van der Waals surface area contributed by atoms with E-state index >= 15 is 0 Å². The molecule has 1 aromatic heterocycles. The maximum atomic E-state index is 12.2. The number of benzene rings is 1. The molecular weight excluding hydrogens is 266 g/mol. The van der Waals surface area contributed by atoms with Crippen LogP contribution < -0.4 is 15.0 Å². The number of carbonyl (C=O) groups is 1. The number of para-hydroxylation sites is 2. The zero-order valence-electron chi connectivity index (χ0n) is 11.9. The molecule has 1 aliphatic rings. The highest BCUT2D eigenvalue weighted by Crippen LogP contribution is 2.33. The van der Waals surface area contributed by atoms with Gasteiger partial charge in [-0.2, -0.15) is 0 Å². The SMILES string of the molecule is CCNc1ncccc1CN1C(=O)COc2ccccc21. The van der Waals surface area contributed by atoms with E-state index in [0.717, 1.165) is 29.4 Å². The summed E-state index contributed by atoms with van der Waals surface area (Å²) in [6.45, 7) is 3.37. The van der Waals surface area contributed by atoms with Crippen molar-refractivity contribution in [2.45, 2.75) is 13.5 Å². The van der Waals surface area contributed by atoms with E-state index in [1.807, 2.05) is 43.3 Å². The minimum Gasteiger partial charge on any atom is -0.482 e. The van der Waals surface area contributed by atoms with Gasteiger partial charge >= 0.3 is 0 Å². The van der Waals surface area contributed by atoms with Crippen LogP contribution in [0.5, 0.6) is 5.75 Å². The summed E-state index contributed by atoms with van der Waals surface area (Å²) in [6.07, 6.45) is 1.75. The summed E-state index contributed by atoms with van der Waals surface area (Å²) < 4.78 is 5.46. The van der Waals surface area contributed by atoms with E-state index in [0.29, 0.717) is 6.54 Å². The van der Waals surface area contributed by atoms with E-state index in [2.05, 4.69) is 10.3 Å². The van der Waals surface area contributed by atoms with Crippen LogP contribution in [0.1, 0.15) is 12.5 Å². The standard InChI is InChI=1S/C16H17N3O2/c1-2-17-16-12(6-5-9-18-16)10-19-13-7-3-4-8-14(13)21-11-15(19)20/h3-9H,2,10-11H2,1H3,(H,17,18). The van der Waals surface area contributed by atoms with Gasteiger partial charge in [0.15, 0.2) is 6.61 Å². The lowest BCUT2D eigenvalue weighted by Crippen LogP contribution is -2.38. The Bertz CT molecular complexity index is 657. The van der Waals surface area contributed by atoms with Crippen LogP contribution >= 0.6 is 0 Å². The minimum atomic E-state index is -0.0417. The Morgan fingerprint density at radius 1 is 1.29 bits per heavy atom. The van der Waals surface area contributed by atoms with Crippen molar-refractivity contribution in [2.75, 3.05) is 23.4 Å². The van der Waals surface area contributed by atoms with Crippen LogP contribution in [-0.4, -0.2) is 24.0 Å². The van der Waals surface area contributed by atoms with Gasteiger partial charge in [0.05, 0.1) is 12.2 Å². The largest absolute Gasteiger partial charge is 0.482 e. The molecule has 1 aliphatic heterocycles. The van der Waals surface area contributed by atoms with Crippen molar-refractivity contribution in [1.82, 2.24) is 4.98 Å². The fourth-order valence-corrected chi connectivity index (χ4v) is 2.39. The van der Waals surface area contributed by atoms with Crippen LogP contribution in [0.3, 0.4) is 0 Å². The molecule has 1 aromatic carbocycles. The number of hydrogen-bond donors (Lipinski definition) is 1. The normalized spacial score (nSPS) is 13.6. The molecule has 5 heteroatoms. The second kappa shape index (κ2) is 5.83. The predicted molar refractivity (Wildman–Crippen MR) is 81.5 cm³/mol. The highest BCUT2D eigenvalue weighted by atomic mass is 16.5. The van der Waals surface area contributed by atoms with Gasteiger partial charge in [-0.05, 0) is 25.1 Å². The fourth-order valence-electron chi connectivity index (χ4n) is 2.39. The average molecular weight is 283 g/mol. The number of carbonyl (C=O) groups excluding carboxylic acids is 1. The van der Waals surface area contributed by atoms with Crippen molar-refractivity contribution < 1.29 is 9.53 Å². The summed E-state index contributed by atoms with van der Waals surface area (Å²) in [7, 11) is 0. The molecule has 2 aromatic rings. The molecule has 0 saturated heterocycles. The molecule has 3 rings (SSSR count). The van der Waals surface area contributed by atoms with E-state index in [9.17, 15) is 4.79 Å². The van der Waals surface area contributed by atoms with Crippen LogP contribution in [0, 0.1) is 0 Å². The third-order valence-corrected chi connectivity index (χ3v) is 3.37. The Morgan fingerprint density at radius 2 is 2.14 bits per heavy atom. The fraction of sp³-hybridized carbons (Fsp3) is 0.250. The number of fused-ring (bicyclic) bond motifs is 1. The van der Waals surface area contributed by atoms with Crippen LogP contribution in [-0.2, 0) is 11.3 Å². The number of hydrogen-bond acceptors (Lipinski definition) is 4. The molecule has 108 valence electrons. The number of ether oxygens (including phenoxy) is 1. The van der Waals surface area contributed by atoms with Crippen molar-refractivity contribution in [3.05, 3.63) is 48.2 Å². The molecule has 0 spiro atoms. The predicted octanol–water partition coefficient (Wildman–Crippen LogP) is 2.44. The minimum absolute atomic E-state index is 0.0417. The molecule has 0 aliphatic carbocycles. The second-order valence-electron chi connectivity index (χ2n) is 4.78. The lowest BCUT2D eigenvalue weighted by atomic mass is 10.2. The smallest absolute Gasteiger partial charge is 0.265 e. The van der Waals surface area contributed by atoms with Gasteiger partial charge in [0.25, 0.3) is 5.91 Å². The number of aromatic nitrogens is 1. The van der Waals surface area contributed by atoms with Gasteiger partial charge in [0.2, 0.25) is 0 Å². The summed E-state index contributed by atoms with van der Waals surface area (Å²) in [5, 5.41) is 3.22. The second-order valence-corrected chi connectivity index (χ2v) is 4.78.